The number of rotatable bonds is 7. The molecule has 1 rings (SSSR count). The molecule has 0 heterocycles. The second-order valence-corrected chi connectivity index (χ2v) is 7.03. The summed E-state index contributed by atoms with van der Waals surface area (Å²) in [5.74, 6) is 0.555. The number of aromatic hydroxyl groups is 1. The van der Waals surface area contributed by atoms with E-state index in [2.05, 4.69) is 0 Å². The molecule has 1 aromatic rings. The van der Waals surface area contributed by atoms with E-state index in [1.54, 1.807) is 39.8 Å². The van der Waals surface area contributed by atoms with Gasteiger partial charge >= 0.3 is 7.60 Å². The molecule has 0 aliphatic heterocycles. The summed E-state index contributed by atoms with van der Waals surface area (Å²) in [7, 11) is -1.79. The van der Waals surface area contributed by atoms with Crippen LogP contribution in [0, 0.1) is 0 Å². The van der Waals surface area contributed by atoms with Crippen molar-refractivity contribution in [1.29, 1.82) is 0 Å². The third kappa shape index (κ3) is 5.16. The molecule has 0 amide bonds. The Kier molecular flexibility index (Phi) is 6.06. The average Bonchev–Trinajstić information content (AvgIpc) is 2.29. The Labute approximate surface area is 120 Å². The van der Waals surface area contributed by atoms with E-state index in [4.69, 9.17) is 13.8 Å². The minimum absolute atomic E-state index is 0.0179. The van der Waals surface area contributed by atoms with E-state index in [-0.39, 0.29) is 24.1 Å². The summed E-state index contributed by atoms with van der Waals surface area (Å²) in [6.07, 6.45) is -0.418. The highest BCUT2D eigenvalue weighted by Gasteiger charge is 2.29. The van der Waals surface area contributed by atoms with Crippen molar-refractivity contribution in [2.75, 3.05) is 7.11 Å². The minimum Gasteiger partial charge on any atom is -0.508 e. The summed E-state index contributed by atoms with van der Waals surface area (Å²) in [6.45, 7) is 7.18. The van der Waals surface area contributed by atoms with Gasteiger partial charge < -0.3 is 18.9 Å². The molecule has 1 N–H and O–H groups in total. The minimum atomic E-state index is -3.30. The lowest BCUT2D eigenvalue weighted by atomic mass is 10.2. The standard InChI is InChI=1S/C14H23O5P/c1-10(2)18-20(16,19-11(3)4)9-12-6-7-13(17-5)8-14(12)15/h6-8,10-11,15H,9H2,1-5H3. The Morgan fingerprint density at radius 1 is 1.15 bits per heavy atom. The summed E-state index contributed by atoms with van der Waals surface area (Å²) in [6, 6.07) is 4.84. The molecule has 0 atom stereocenters. The van der Waals surface area contributed by atoms with Crippen LogP contribution in [0.2, 0.25) is 0 Å². The largest absolute Gasteiger partial charge is 0.508 e. The van der Waals surface area contributed by atoms with Gasteiger partial charge in [0.05, 0.1) is 25.5 Å². The van der Waals surface area contributed by atoms with Crippen molar-refractivity contribution in [3.63, 3.8) is 0 Å². The fourth-order valence-electron chi connectivity index (χ4n) is 1.75. The van der Waals surface area contributed by atoms with Crippen LogP contribution in [-0.4, -0.2) is 24.4 Å². The molecule has 0 bridgehead atoms. The third-order valence-corrected chi connectivity index (χ3v) is 4.61. The molecule has 0 fully saturated rings. The lowest BCUT2D eigenvalue weighted by molar-refractivity contribution is 0.141. The third-order valence-electron chi connectivity index (χ3n) is 2.40. The second kappa shape index (κ2) is 7.11. The van der Waals surface area contributed by atoms with E-state index in [1.807, 2.05) is 0 Å². The summed E-state index contributed by atoms with van der Waals surface area (Å²) in [4.78, 5) is 0. The Hall–Kier alpha value is -1.03. The Morgan fingerprint density at radius 2 is 1.70 bits per heavy atom. The van der Waals surface area contributed by atoms with Crippen molar-refractivity contribution < 1.29 is 23.5 Å². The highest BCUT2D eigenvalue weighted by molar-refractivity contribution is 7.53. The van der Waals surface area contributed by atoms with E-state index in [9.17, 15) is 9.67 Å². The molecule has 0 spiro atoms. The van der Waals surface area contributed by atoms with Crippen molar-refractivity contribution in [3.05, 3.63) is 23.8 Å². The van der Waals surface area contributed by atoms with Gasteiger partial charge in [0.2, 0.25) is 0 Å². The van der Waals surface area contributed by atoms with Crippen LogP contribution in [0.1, 0.15) is 33.3 Å². The molecular weight excluding hydrogens is 279 g/mol. The van der Waals surface area contributed by atoms with E-state index in [1.165, 1.54) is 13.2 Å². The summed E-state index contributed by atoms with van der Waals surface area (Å²) in [5.41, 5.74) is 0.510. The van der Waals surface area contributed by atoms with E-state index in [0.29, 0.717) is 11.3 Å². The van der Waals surface area contributed by atoms with Crippen molar-refractivity contribution in [1.82, 2.24) is 0 Å². The molecule has 0 aliphatic carbocycles. The lowest BCUT2D eigenvalue weighted by Gasteiger charge is -2.23. The molecule has 5 nitrogen and oxygen atoms in total. The van der Waals surface area contributed by atoms with Crippen molar-refractivity contribution in [2.45, 2.75) is 46.1 Å². The van der Waals surface area contributed by atoms with E-state index >= 15 is 0 Å². The number of hydrogen-bond acceptors (Lipinski definition) is 5. The van der Waals surface area contributed by atoms with Gasteiger partial charge in [0, 0.05) is 11.6 Å². The van der Waals surface area contributed by atoms with Crippen molar-refractivity contribution in [2.24, 2.45) is 0 Å². The fraction of sp³-hybridized carbons (Fsp3) is 0.571. The highest BCUT2D eigenvalue weighted by Crippen LogP contribution is 2.54. The number of phenolic OH excluding ortho intramolecular Hbond substituents is 1. The molecule has 1 aromatic carbocycles. The van der Waals surface area contributed by atoms with E-state index < -0.39 is 7.60 Å². The van der Waals surface area contributed by atoms with Gasteiger partial charge in [-0.25, -0.2) is 0 Å². The predicted octanol–water partition coefficient (Wildman–Crippen LogP) is 3.94. The molecule has 0 aromatic heterocycles. The number of phenols is 1. The highest BCUT2D eigenvalue weighted by atomic mass is 31.2. The second-order valence-electron chi connectivity index (χ2n) is 5.07. The Morgan fingerprint density at radius 3 is 2.10 bits per heavy atom. The monoisotopic (exact) mass is 302 g/mol. The molecule has 114 valence electrons. The van der Waals surface area contributed by atoms with Crippen LogP contribution in [0.3, 0.4) is 0 Å². The zero-order chi connectivity index (χ0) is 15.3. The molecular formula is C14H23O5P. The van der Waals surface area contributed by atoms with Crippen molar-refractivity contribution >= 4 is 7.60 Å². The fourth-order valence-corrected chi connectivity index (χ4v) is 3.92. The zero-order valence-corrected chi connectivity index (χ0v) is 13.5. The number of ether oxygens (including phenoxy) is 1. The average molecular weight is 302 g/mol. The molecule has 0 aliphatic rings. The first kappa shape index (κ1) is 17.0. The number of methoxy groups -OCH3 is 1. The molecule has 0 radical (unpaired) electrons. The quantitative estimate of drug-likeness (QED) is 0.773. The summed E-state index contributed by atoms with van der Waals surface area (Å²) >= 11 is 0. The van der Waals surface area contributed by atoms with Crippen LogP contribution >= 0.6 is 7.60 Å². The molecule has 0 saturated carbocycles. The summed E-state index contributed by atoms with van der Waals surface area (Å²) < 4.78 is 28.7. The van der Waals surface area contributed by atoms with Gasteiger partial charge in [-0.2, -0.15) is 0 Å². The normalized spacial score (nSPS) is 12.2. The molecule has 0 saturated heterocycles. The smallest absolute Gasteiger partial charge is 0.335 e. The molecule has 0 unspecified atom stereocenters. The van der Waals surface area contributed by atoms with Gasteiger partial charge in [0.25, 0.3) is 0 Å². The maximum Gasteiger partial charge on any atom is 0.335 e. The summed E-state index contributed by atoms with van der Waals surface area (Å²) in [5, 5.41) is 9.94. The Balaban J connectivity index is 2.97. The van der Waals surface area contributed by atoms with Crippen LogP contribution < -0.4 is 4.74 Å². The van der Waals surface area contributed by atoms with Crippen molar-refractivity contribution in [3.8, 4) is 11.5 Å². The van der Waals surface area contributed by atoms with Crippen LogP contribution in [0.25, 0.3) is 0 Å². The predicted molar refractivity (Wildman–Crippen MR) is 78.4 cm³/mol. The maximum atomic E-state index is 12.7. The molecule has 6 heteroatoms. The Bertz CT molecular complexity index is 470. The van der Waals surface area contributed by atoms with Gasteiger partial charge in [-0.1, -0.05) is 6.07 Å². The molecule has 20 heavy (non-hydrogen) atoms. The van der Waals surface area contributed by atoms with Gasteiger partial charge in [-0.05, 0) is 33.8 Å². The van der Waals surface area contributed by atoms with Crippen LogP contribution in [0.4, 0.5) is 0 Å². The van der Waals surface area contributed by atoms with E-state index in [0.717, 1.165) is 0 Å². The van der Waals surface area contributed by atoms with Gasteiger partial charge in [-0.3, -0.25) is 4.57 Å². The van der Waals surface area contributed by atoms with Crippen LogP contribution in [0.5, 0.6) is 11.5 Å². The first-order valence-electron chi connectivity index (χ1n) is 6.57. The first-order valence-corrected chi connectivity index (χ1v) is 8.30. The van der Waals surface area contributed by atoms with Crippen LogP contribution in [-0.2, 0) is 19.8 Å². The zero-order valence-electron chi connectivity index (χ0n) is 12.6. The first-order chi connectivity index (χ1) is 9.25. The van der Waals surface area contributed by atoms with Gasteiger partial charge in [0.15, 0.2) is 0 Å². The van der Waals surface area contributed by atoms with Gasteiger partial charge in [-0.15, -0.1) is 0 Å². The van der Waals surface area contributed by atoms with Gasteiger partial charge in [0.1, 0.15) is 11.5 Å². The maximum absolute atomic E-state index is 12.7. The SMILES string of the molecule is COc1ccc(CP(=O)(OC(C)C)OC(C)C)c(O)c1. The van der Waals surface area contributed by atoms with Crippen LogP contribution in [0.15, 0.2) is 18.2 Å². The lowest BCUT2D eigenvalue weighted by Crippen LogP contribution is -2.09. The number of hydrogen-bond donors (Lipinski definition) is 1. The topological polar surface area (TPSA) is 65.0 Å². The number of benzene rings is 1.